The van der Waals surface area contributed by atoms with Crippen molar-refractivity contribution in [3.63, 3.8) is 0 Å². The first-order chi connectivity index (χ1) is 8.75. The zero-order chi connectivity index (χ0) is 14.6. The smallest absolute Gasteiger partial charge is 0.312 e. The Morgan fingerprint density at radius 3 is 2.68 bits per heavy atom. The molecule has 0 heterocycles. The van der Waals surface area contributed by atoms with E-state index in [0.29, 0.717) is 0 Å². The van der Waals surface area contributed by atoms with Gasteiger partial charge in [0, 0.05) is 6.07 Å². The maximum absolute atomic E-state index is 10.9. The van der Waals surface area contributed by atoms with Crippen LogP contribution in [0.3, 0.4) is 0 Å². The maximum atomic E-state index is 10.9. The van der Waals surface area contributed by atoms with Gasteiger partial charge in [-0.25, -0.2) is 0 Å². The summed E-state index contributed by atoms with van der Waals surface area (Å²) in [5, 5.41) is 19.9. The summed E-state index contributed by atoms with van der Waals surface area (Å²) in [6.07, 6.45) is 0.213. The summed E-state index contributed by atoms with van der Waals surface area (Å²) in [4.78, 5) is 21.1. The van der Waals surface area contributed by atoms with Crippen molar-refractivity contribution in [2.75, 3.05) is 6.61 Å². The Kier molecular flexibility index (Phi) is 4.72. The Morgan fingerprint density at radius 2 is 2.16 bits per heavy atom. The average molecular weight is 288 g/mol. The summed E-state index contributed by atoms with van der Waals surface area (Å²) in [5.41, 5.74) is -1.20. The maximum Gasteiger partial charge on any atom is 0.312 e. The molecule has 1 N–H and O–H groups in total. The number of carboxylic acids is 1. The first-order valence-corrected chi connectivity index (χ1v) is 5.92. The molecule has 0 fully saturated rings. The predicted octanol–water partition coefficient (Wildman–Crippen LogP) is 3.13. The van der Waals surface area contributed by atoms with Crippen molar-refractivity contribution in [2.45, 2.75) is 20.3 Å². The van der Waals surface area contributed by atoms with Gasteiger partial charge >= 0.3 is 11.7 Å². The molecular formula is C12H14ClNO5. The summed E-state index contributed by atoms with van der Waals surface area (Å²) in [5.74, 6) is -0.986. The van der Waals surface area contributed by atoms with Crippen LogP contribution in [0.2, 0.25) is 5.02 Å². The summed E-state index contributed by atoms with van der Waals surface area (Å²) in [6.45, 7) is 3.14. The lowest BCUT2D eigenvalue weighted by atomic mass is 9.90. The summed E-state index contributed by atoms with van der Waals surface area (Å²) in [6, 6.07) is 4.21. The van der Waals surface area contributed by atoms with E-state index in [9.17, 15) is 14.9 Å². The third-order valence-corrected chi connectivity index (χ3v) is 2.99. The van der Waals surface area contributed by atoms with Crippen LogP contribution in [0.1, 0.15) is 20.3 Å². The van der Waals surface area contributed by atoms with E-state index in [1.807, 2.05) is 0 Å². The molecular weight excluding hydrogens is 274 g/mol. The van der Waals surface area contributed by atoms with Crippen LogP contribution >= 0.6 is 11.6 Å². The minimum absolute atomic E-state index is 0.0316. The van der Waals surface area contributed by atoms with Gasteiger partial charge in [0.15, 0.2) is 0 Å². The number of ether oxygens (including phenoxy) is 1. The molecule has 1 aromatic carbocycles. The molecule has 0 saturated carbocycles. The number of carbonyl (C=O) groups is 1. The minimum atomic E-state index is -0.962. The monoisotopic (exact) mass is 287 g/mol. The third kappa shape index (κ3) is 3.82. The van der Waals surface area contributed by atoms with Crippen molar-refractivity contribution in [1.82, 2.24) is 0 Å². The van der Waals surface area contributed by atoms with Gasteiger partial charge < -0.3 is 9.84 Å². The van der Waals surface area contributed by atoms with Gasteiger partial charge in [0.1, 0.15) is 0 Å². The zero-order valence-electron chi connectivity index (χ0n) is 10.6. The molecule has 0 aliphatic carbocycles. The van der Waals surface area contributed by atoms with Gasteiger partial charge in [-0.1, -0.05) is 17.7 Å². The average Bonchev–Trinajstić information content (AvgIpc) is 2.30. The molecule has 0 saturated heterocycles. The molecule has 0 aliphatic heterocycles. The molecule has 0 aliphatic rings. The fraction of sp³-hybridized carbons (Fsp3) is 0.417. The number of nitro groups is 1. The van der Waals surface area contributed by atoms with Crippen LogP contribution in [0.4, 0.5) is 5.69 Å². The number of halogens is 1. The predicted molar refractivity (Wildman–Crippen MR) is 69.6 cm³/mol. The molecule has 0 bridgehead atoms. The molecule has 0 radical (unpaired) electrons. The second-order valence-electron chi connectivity index (χ2n) is 4.63. The van der Waals surface area contributed by atoms with Gasteiger partial charge in [-0.15, -0.1) is 0 Å². The molecule has 7 heteroatoms. The van der Waals surface area contributed by atoms with Crippen molar-refractivity contribution in [1.29, 1.82) is 0 Å². The lowest BCUT2D eigenvalue weighted by Gasteiger charge is -2.19. The number of nitrogens with zero attached hydrogens (tertiary/aromatic N) is 1. The normalized spacial score (nSPS) is 11.1. The summed E-state index contributed by atoms with van der Waals surface area (Å²) < 4.78 is 5.28. The number of rotatable bonds is 6. The number of nitro benzene ring substituents is 1. The van der Waals surface area contributed by atoms with Gasteiger partial charge in [-0.2, -0.15) is 0 Å². The summed E-state index contributed by atoms with van der Waals surface area (Å²) in [7, 11) is 0. The lowest BCUT2D eigenvalue weighted by molar-refractivity contribution is -0.385. The first-order valence-electron chi connectivity index (χ1n) is 5.55. The van der Waals surface area contributed by atoms with E-state index >= 15 is 0 Å². The highest BCUT2D eigenvalue weighted by Gasteiger charge is 2.27. The fourth-order valence-electron chi connectivity index (χ4n) is 1.30. The molecule has 0 spiro atoms. The highest BCUT2D eigenvalue weighted by molar-refractivity contribution is 6.32. The number of para-hydroxylation sites is 1. The molecule has 0 unspecified atom stereocenters. The Balaban J connectivity index is 2.79. The molecule has 6 nitrogen and oxygen atoms in total. The van der Waals surface area contributed by atoms with E-state index in [1.54, 1.807) is 13.8 Å². The van der Waals surface area contributed by atoms with E-state index in [4.69, 9.17) is 21.4 Å². The molecule has 0 amide bonds. The second kappa shape index (κ2) is 5.88. The zero-order valence-corrected chi connectivity index (χ0v) is 11.3. The molecule has 1 rings (SSSR count). The Bertz CT molecular complexity index is 501. The number of benzene rings is 1. The topological polar surface area (TPSA) is 89.7 Å². The van der Waals surface area contributed by atoms with Crippen LogP contribution in [0.5, 0.6) is 5.75 Å². The Hall–Kier alpha value is -1.82. The first kappa shape index (κ1) is 15.2. The van der Waals surface area contributed by atoms with Crippen molar-refractivity contribution >= 4 is 23.3 Å². The SMILES string of the molecule is CC(C)(CCOc1c(Cl)cccc1[N+](=O)[O-])C(=O)O. The third-order valence-electron chi connectivity index (χ3n) is 2.70. The number of hydrogen-bond acceptors (Lipinski definition) is 4. The second-order valence-corrected chi connectivity index (χ2v) is 5.04. The van der Waals surface area contributed by atoms with Gasteiger partial charge in [0.2, 0.25) is 5.75 Å². The van der Waals surface area contributed by atoms with Gasteiger partial charge in [0.05, 0.1) is 22.0 Å². The van der Waals surface area contributed by atoms with E-state index in [-0.39, 0.29) is 29.5 Å². The van der Waals surface area contributed by atoms with Gasteiger partial charge in [-0.3, -0.25) is 14.9 Å². The molecule has 19 heavy (non-hydrogen) atoms. The van der Waals surface area contributed by atoms with E-state index < -0.39 is 16.3 Å². The lowest BCUT2D eigenvalue weighted by Crippen LogP contribution is -2.26. The van der Waals surface area contributed by atoms with Crippen LogP contribution < -0.4 is 4.74 Å². The van der Waals surface area contributed by atoms with Gasteiger partial charge in [0.25, 0.3) is 0 Å². The van der Waals surface area contributed by atoms with Crippen LogP contribution in [-0.4, -0.2) is 22.6 Å². The Morgan fingerprint density at radius 1 is 1.53 bits per heavy atom. The molecule has 0 aromatic heterocycles. The highest BCUT2D eigenvalue weighted by Crippen LogP contribution is 2.35. The molecule has 1 aromatic rings. The van der Waals surface area contributed by atoms with Crippen molar-refractivity contribution < 1.29 is 19.6 Å². The van der Waals surface area contributed by atoms with E-state index in [2.05, 4.69) is 0 Å². The minimum Gasteiger partial charge on any atom is -0.486 e. The van der Waals surface area contributed by atoms with Crippen LogP contribution in [-0.2, 0) is 4.79 Å². The summed E-state index contributed by atoms with van der Waals surface area (Å²) >= 11 is 5.84. The highest BCUT2D eigenvalue weighted by atomic mass is 35.5. The Labute approximate surface area is 115 Å². The van der Waals surface area contributed by atoms with Crippen molar-refractivity contribution in [3.8, 4) is 5.75 Å². The quantitative estimate of drug-likeness (QED) is 0.641. The van der Waals surface area contributed by atoms with Gasteiger partial charge in [-0.05, 0) is 26.3 Å². The van der Waals surface area contributed by atoms with Crippen molar-refractivity contribution in [2.24, 2.45) is 5.41 Å². The van der Waals surface area contributed by atoms with Crippen molar-refractivity contribution in [3.05, 3.63) is 33.3 Å². The van der Waals surface area contributed by atoms with E-state index in [0.717, 1.165) is 0 Å². The van der Waals surface area contributed by atoms with E-state index in [1.165, 1.54) is 18.2 Å². The fourth-order valence-corrected chi connectivity index (χ4v) is 1.52. The number of hydrogen-bond donors (Lipinski definition) is 1. The molecule has 104 valence electrons. The number of aliphatic carboxylic acids is 1. The number of carboxylic acid groups (broad SMARTS) is 1. The van der Waals surface area contributed by atoms with Crippen LogP contribution in [0.25, 0.3) is 0 Å². The van der Waals surface area contributed by atoms with Crippen LogP contribution in [0.15, 0.2) is 18.2 Å². The van der Waals surface area contributed by atoms with Crippen LogP contribution in [0, 0.1) is 15.5 Å². The standard InChI is InChI=1S/C12H14ClNO5/c1-12(2,11(15)16)6-7-19-10-8(13)4-3-5-9(10)14(17)18/h3-5H,6-7H2,1-2H3,(H,15,16). The molecule has 0 atom stereocenters. The largest absolute Gasteiger partial charge is 0.486 e.